The van der Waals surface area contributed by atoms with Gasteiger partial charge in [-0.2, -0.15) is 0 Å². The number of imidazole rings is 1. The van der Waals surface area contributed by atoms with Crippen LogP contribution in [0.25, 0.3) is 11.0 Å². The van der Waals surface area contributed by atoms with E-state index in [2.05, 4.69) is 54.9 Å². The van der Waals surface area contributed by atoms with Gasteiger partial charge in [0, 0.05) is 12.1 Å². The highest BCUT2D eigenvalue weighted by Crippen LogP contribution is 2.39. The number of benzene rings is 1. The first-order valence-electron chi connectivity index (χ1n) is 7.31. The first kappa shape index (κ1) is 12.7. The molecule has 2 aromatic rings. The van der Waals surface area contributed by atoms with Crippen molar-refractivity contribution in [2.75, 3.05) is 0 Å². The highest BCUT2D eigenvalue weighted by Gasteiger charge is 2.37. The molecular weight excluding hydrogens is 234 g/mol. The summed E-state index contributed by atoms with van der Waals surface area (Å²) in [5.74, 6) is 1.99. The van der Waals surface area contributed by atoms with Gasteiger partial charge in [-0.05, 0) is 51.7 Å². The van der Waals surface area contributed by atoms with Crippen LogP contribution in [-0.2, 0) is 13.1 Å². The van der Waals surface area contributed by atoms with E-state index in [1.54, 1.807) is 0 Å². The summed E-state index contributed by atoms with van der Waals surface area (Å²) in [7, 11) is 0. The second-order valence-electron chi connectivity index (χ2n) is 6.11. The Kier molecular flexibility index (Phi) is 3.09. The molecule has 3 nitrogen and oxygen atoms in total. The van der Waals surface area contributed by atoms with Crippen molar-refractivity contribution in [3.8, 4) is 0 Å². The Bertz CT molecular complexity index is 579. The van der Waals surface area contributed by atoms with Gasteiger partial charge in [0.15, 0.2) is 0 Å². The monoisotopic (exact) mass is 257 g/mol. The molecule has 1 N–H and O–H groups in total. The maximum absolute atomic E-state index is 4.77. The van der Waals surface area contributed by atoms with E-state index >= 15 is 0 Å². The topological polar surface area (TPSA) is 29.9 Å². The van der Waals surface area contributed by atoms with Crippen LogP contribution in [-0.4, -0.2) is 15.1 Å². The van der Waals surface area contributed by atoms with Crippen LogP contribution in [0.15, 0.2) is 24.3 Å². The summed E-state index contributed by atoms with van der Waals surface area (Å²) in [6.07, 6.45) is 2.73. The zero-order valence-corrected chi connectivity index (χ0v) is 12.1. The fourth-order valence-electron chi connectivity index (χ4n) is 2.87. The number of nitrogens with one attached hydrogen (secondary N) is 1. The molecule has 0 saturated heterocycles. The molecule has 0 atom stereocenters. The molecule has 3 heteroatoms. The molecule has 1 heterocycles. The molecule has 1 saturated carbocycles. The third-order valence-electron chi connectivity index (χ3n) is 4.35. The van der Waals surface area contributed by atoms with E-state index < -0.39 is 0 Å². The summed E-state index contributed by atoms with van der Waals surface area (Å²) in [5, 5.41) is 3.69. The first-order chi connectivity index (χ1) is 9.12. The van der Waals surface area contributed by atoms with Crippen molar-refractivity contribution in [2.24, 2.45) is 5.92 Å². The zero-order valence-electron chi connectivity index (χ0n) is 12.1. The van der Waals surface area contributed by atoms with Gasteiger partial charge < -0.3 is 9.88 Å². The minimum Gasteiger partial charge on any atom is -0.327 e. The van der Waals surface area contributed by atoms with Gasteiger partial charge in [-0.25, -0.2) is 4.98 Å². The van der Waals surface area contributed by atoms with E-state index in [-0.39, 0.29) is 5.54 Å². The fourth-order valence-corrected chi connectivity index (χ4v) is 2.87. The van der Waals surface area contributed by atoms with E-state index in [9.17, 15) is 0 Å². The number of hydrogen-bond donors (Lipinski definition) is 1. The van der Waals surface area contributed by atoms with Gasteiger partial charge in [0.2, 0.25) is 0 Å². The predicted octanol–water partition coefficient (Wildman–Crippen LogP) is 3.33. The number of rotatable bonds is 5. The van der Waals surface area contributed by atoms with Crippen molar-refractivity contribution in [3.63, 3.8) is 0 Å². The quantitative estimate of drug-likeness (QED) is 0.890. The Morgan fingerprint density at radius 3 is 2.74 bits per heavy atom. The Hall–Kier alpha value is -1.35. The number of aromatic nitrogens is 2. The largest absolute Gasteiger partial charge is 0.327 e. The van der Waals surface area contributed by atoms with Crippen LogP contribution >= 0.6 is 0 Å². The molecule has 0 bridgehead atoms. The smallest absolute Gasteiger partial charge is 0.123 e. The Labute approximate surface area is 115 Å². The molecule has 1 aromatic carbocycles. The molecule has 0 spiro atoms. The highest BCUT2D eigenvalue weighted by atomic mass is 15.1. The molecule has 0 aliphatic heterocycles. The van der Waals surface area contributed by atoms with Gasteiger partial charge in [-0.3, -0.25) is 0 Å². The lowest BCUT2D eigenvalue weighted by Crippen LogP contribution is -2.41. The summed E-state index contributed by atoms with van der Waals surface area (Å²) in [6, 6.07) is 8.39. The van der Waals surface area contributed by atoms with Gasteiger partial charge in [0.25, 0.3) is 0 Å². The number of aryl methyl sites for hydroxylation is 1. The van der Waals surface area contributed by atoms with Crippen molar-refractivity contribution in [1.82, 2.24) is 14.9 Å². The van der Waals surface area contributed by atoms with Crippen LogP contribution in [0.4, 0.5) is 0 Å². The second-order valence-corrected chi connectivity index (χ2v) is 6.11. The first-order valence-corrected chi connectivity index (χ1v) is 7.31. The molecule has 19 heavy (non-hydrogen) atoms. The lowest BCUT2D eigenvalue weighted by atomic mass is 9.99. The van der Waals surface area contributed by atoms with Gasteiger partial charge in [-0.15, -0.1) is 0 Å². The number of nitrogens with zero attached hydrogens (tertiary/aromatic N) is 2. The highest BCUT2D eigenvalue weighted by molar-refractivity contribution is 5.75. The molecule has 1 aliphatic rings. The molecule has 3 rings (SSSR count). The normalized spacial score (nSPS) is 16.2. The number of para-hydroxylation sites is 2. The van der Waals surface area contributed by atoms with Gasteiger partial charge >= 0.3 is 0 Å². The van der Waals surface area contributed by atoms with Crippen LogP contribution in [0, 0.1) is 5.92 Å². The molecule has 102 valence electrons. The van der Waals surface area contributed by atoms with E-state index in [0.717, 1.165) is 30.3 Å². The van der Waals surface area contributed by atoms with Gasteiger partial charge in [0.1, 0.15) is 5.82 Å². The average molecular weight is 257 g/mol. The maximum atomic E-state index is 4.77. The van der Waals surface area contributed by atoms with Crippen molar-refractivity contribution in [2.45, 2.75) is 52.2 Å². The molecule has 0 amide bonds. The van der Waals surface area contributed by atoms with Crippen molar-refractivity contribution in [3.05, 3.63) is 30.1 Å². The minimum absolute atomic E-state index is 0.233. The maximum Gasteiger partial charge on any atom is 0.123 e. The Balaban J connectivity index is 1.84. The van der Waals surface area contributed by atoms with E-state index in [0.29, 0.717) is 0 Å². The summed E-state index contributed by atoms with van der Waals surface area (Å²) in [5.41, 5.74) is 2.58. The van der Waals surface area contributed by atoms with Crippen molar-refractivity contribution < 1.29 is 0 Å². The minimum atomic E-state index is 0.233. The molecule has 1 aromatic heterocycles. The lowest BCUT2D eigenvalue weighted by molar-refractivity contribution is 0.333. The molecule has 1 aliphatic carbocycles. The van der Waals surface area contributed by atoms with Crippen LogP contribution in [0.1, 0.15) is 39.4 Å². The van der Waals surface area contributed by atoms with E-state index in [4.69, 9.17) is 4.98 Å². The number of hydrogen-bond acceptors (Lipinski definition) is 2. The van der Waals surface area contributed by atoms with Crippen LogP contribution in [0.5, 0.6) is 0 Å². The summed E-state index contributed by atoms with van der Waals surface area (Å²) in [6.45, 7) is 8.63. The molecule has 0 unspecified atom stereocenters. The van der Waals surface area contributed by atoms with Crippen molar-refractivity contribution in [1.29, 1.82) is 0 Å². The molecule has 1 fully saturated rings. The fraction of sp³-hybridized carbons (Fsp3) is 0.562. The van der Waals surface area contributed by atoms with Crippen molar-refractivity contribution >= 4 is 11.0 Å². The summed E-state index contributed by atoms with van der Waals surface area (Å²) < 4.78 is 2.31. The standard InChI is InChI=1S/C16H23N3/c1-4-19-14-8-6-5-7-13(14)18-15(19)11-17-16(2,3)12-9-10-12/h5-8,12,17H,4,9-11H2,1-3H3. The zero-order chi connectivity index (χ0) is 13.5. The SMILES string of the molecule is CCn1c(CNC(C)(C)C2CC2)nc2ccccc21. The van der Waals surface area contributed by atoms with Crippen LogP contribution in [0.2, 0.25) is 0 Å². The third-order valence-corrected chi connectivity index (χ3v) is 4.35. The second kappa shape index (κ2) is 4.64. The lowest BCUT2D eigenvalue weighted by Gasteiger charge is -2.26. The Morgan fingerprint density at radius 1 is 1.32 bits per heavy atom. The van der Waals surface area contributed by atoms with Gasteiger partial charge in [0.05, 0.1) is 17.6 Å². The van der Waals surface area contributed by atoms with E-state index in [1.807, 2.05) is 0 Å². The summed E-state index contributed by atoms with van der Waals surface area (Å²) in [4.78, 5) is 4.77. The van der Waals surface area contributed by atoms with Gasteiger partial charge in [-0.1, -0.05) is 12.1 Å². The number of fused-ring (bicyclic) bond motifs is 1. The Morgan fingerprint density at radius 2 is 2.05 bits per heavy atom. The summed E-state index contributed by atoms with van der Waals surface area (Å²) >= 11 is 0. The van der Waals surface area contributed by atoms with E-state index in [1.165, 1.54) is 18.4 Å². The van der Waals surface area contributed by atoms with Crippen LogP contribution < -0.4 is 5.32 Å². The third kappa shape index (κ3) is 2.39. The predicted molar refractivity (Wildman–Crippen MR) is 79.0 cm³/mol. The molecule has 0 radical (unpaired) electrons. The van der Waals surface area contributed by atoms with Crippen LogP contribution in [0.3, 0.4) is 0 Å². The average Bonchev–Trinajstić information content (AvgIpc) is 3.19. The molecular formula is C16H23N3.